The maximum absolute atomic E-state index is 12.3. The van der Waals surface area contributed by atoms with E-state index < -0.39 is 6.10 Å². The van der Waals surface area contributed by atoms with E-state index in [1.165, 1.54) is 0 Å². The summed E-state index contributed by atoms with van der Waals surface area (Å²) in [4.78, 5) is 14.3. The van der Waals surface area contributed by atoms with Crippen LogP contribution in [0.3, 0.4) is 0 Å². The van der Waals surface area contributed by atoms with Crippen molar-refractivity contribution in [2.75, 3.05) is 21.0 Å². The molecular formula is C28H35NO5. The standard InChI is InChI=1S/C28H35NO5/c1-27-10-8-24(30)29(3)23(27)6-5-18-19(27)7-9-28(2)20(18)14-17(26(28)31)11-16-12-21(32-4)25-22(13-16)33-15-34-25/h8,10-13,18-20,23,26,31H,5-7,9,14-15H2,1-4H3/t18-,19+,20+,23-,26+,27-,28+/m1/s1. The number of carbonyl (C=O) groups is 1. The van der Waals surface area contributed by atoms with Crippen LogP contribution in [0.2, 0.25) is 0 Å². The summed E-state index contributed by atoms with van der Waals surface area (Å²) in [5, 5.41) is 11.6. The van der Waals surface area contributed by atoms with Crippen molar-refractivity contribution in [2.24, 2.45) is 28.6 Å². The first-order valence-corrected chi connectivity index (χ1v) is 12.6. The highest BCUT2D eigenvalue weighted by Crippen LogP contribution is 2.65. The zero-order chi connectivity index (χ0) is 23.8. The minimum Gasteiger partial charge on any atom is -0.493 e. The first kappa shape index (κ1) is 22.0. The molecule has 0 radical (unpaired) electrons. The van der Waals surface area contributed by atoms with Crippen molar-refractivity contribution in [3.63, 3.8) is 0 Å². The summed E-state index contributed by atoms with van der Waals surface area (Å²) >= 11 is 0. The number of aliphatic hydroxyl groups excluding tert-OH is 1. The molecule has 34 heavy (non-hydrogen) atoms. The fraction of sp³-hybridized carbons (Fsp3) is 0.607. The Morgan fingerprint density at radius 1 is 1.18 bits per heavy atom. The maximum atomic E-state index is 12.3. The van der Waals surface area contributed by atoms with Gasteiger partial charge in [0, 0.05) is 23.9 Å². The third kappa shape index (κ3) is 2.93. The lowest BCUT2D eigenvalue weighted by atomic mass is 9.48. The summed E-state index contributed by atoms with van der Waals surface area (Å²) in [6.07, 6.45) is 10.8. The fourth-order valence-electron chi connectivity index (χ4n) is 8.18. The minimum absolute atomic E-state index is 0.00894. The Hall–Kier alpha value is -2.47. The summed E-state index contributed by atoms with van der Waals surface area (Å²) < 4.78 is 16.7. The summed E-state index contributed by atoms with van der Waals surface area (Å²) in [5.41, 5.74) is 1.97. The van der Waals surface area contributed by atoms with Crippen molar-refractivity contribution in [1.82, 2.24) is 4.90 Å². The Labute approximate surface area is 201 Å². The number of amides is 1. The van der Waals surface area contributed by atoms with Gasteiger partial charge in [-0.2, -0.15) is 0 Å². The zero-order valence-electron chi connectivity index (χ0n) is 20.5. The number of ether oxygens (including phenoxy) is 3. The largest absolute Gasteiger partial charge is 0.493 e. The summed E-state index contributed by atoms with van der Waals surface area (Å²) in [5.74, 6) is 3.66. The normalized spacial score (nSPS) is 41.3. The number of hydrogen-bond acceptors (Lipinski definition) is 5. The molecule has 0 spiro atoms. The van der Waals surface area contributed by atoms with Gasteiger partial charge in [0.2, 0.25) is 18.4 Å². The Bertz CT molecular complexity index is 1090. The molecule has 0 bridgehead atoms. The molecule has 0 saturated heterocycles. The van der Waals surface area contributed by atoms with Crippen LogP contribution in [0, 0.1) is 28.6 Å². The molecule has 1 N–H and O–H groups in total. The van der Waals surface area contributed by atoms with Gasteiger partial charge >= 0.3 is 0 Å². The lowest BCUT2D eigenvalue weighted by molar-refractivity contribution is -0.140. The number of rotatable bonds is 2. The van der Waals surface area contributed by atoms with Gasteiger partial charge in [0.1, 0.15) is 0 Å². The van der Waals surface area contributed by atoms with E-state index in [2.05, 4.69) is 26.0 Å². The molecule has 6 rings (SSSR count). The predicted octanol–water partition coefficient (Wildman–Crippen LogP) is 4.42. The Morgan fingerprint density at radius 2 is 2.00 bits per heavy atom. The van der Waals surface area contributed by atoms with Gasteiger partial charge in [-0.3, -0.25) is 4.79 Å². The highest BCUT2D eigenvalue weighted by atomic mass is 16.7. The average Bonchev–Trinajstić information content (AvgIpc) is 3.39. The molecule has 3 aliphatic carbocycles. The molecule has 1 amide bonds. The number of benzene rings is 1. The minimum atomic E-state index is -0.452. The Morgan fingerprint density at radius 3 is 2.79 bits per heavy atom. The average molecular weight is 466 g/mol. The second-order valence-electron chi connectivity index (χ2n) is 11.4. The number of likely N-dealkylation sites (N-methyl/N-ethyl adjacent to an activating group) is 1. The van der Waals surface area contributed by atoms with Gasteiger partial charge in [-0.1, -0.05) is 26.0 Å². The van der Waals surface area contributed by atoms with Crippen LogP contribution in [0.1, 0.15) is 51.5 Å². The number of methoxy groups -OCH3 is 1. The van der Waals surface area contributed by atoms with E-state index >= 15 is 0 Å². The highest BCUT2D eigenvalue weighted by Gasteiger charge is 2.61. The summed E-state index contributed by atoms with van der Waals surface area (Å²) in [7, 11) is 3.60. The van der Waals surface area contributed by atoms with Crippen molar-refractivity contribution < 1.29 is 24.1 Å². The first-order chi connectivity index (χ1) is 16.3. The number of carbonyl (C=O) groups excluding carboxylic acids is 1. The van der Waals surface area contributed by atoms with Crippen LogP contribution < -0.4 is 14.2 Å². The van der Waals surface area contributed by atoms with Gasteiger partial charge in [0.15, 0.2) is 11.5 Å². The molecule has 1 aromatic rings. The number of fused-ring (bicyclic) bond motifs is 6. The van der Waals surface area contributed by atoms with Crippen molar-refractivity contribution in [3.8, 4) is 17.2 Å². The molecule has 3 fully saturated rings. The van der Waals surface area contributed by atoms with Crippen molar-refractivity contribution >= 4 is 12.0 Å². The maximum Gasteiger partial charge on any atom is 0.246 e. The Balaban J connectivity index is 1.33. The molecule has 0 aromatic heterocycles. The van der Waals surface area contributed by atoms with Crippen LogP contribution in [0.4, 0.5) is 0 Å². The summed E-state index contributed by atoms with van der Waals surface area (Å²) in [6, 6.07) is 4.22. The molecule has 3 saturated carbocycles. The molecule has 7 atom stereocenters. The van der Waals surface area contributed by atoms with Gasteiger partial charge in [0.05, 0.1) is 13.2 Å². The third-order valence-corrected chi connectivity index (χ3v) is 10.0. The number of aliphatic hydroxyl groups is 1. The molecule has 0 unspecified atom stereocenters. The van der Waals surface area contributed by atoms with E-state index in [-0.39, 0.29) is 29.6 Å². The highest BCUT2D eigenvalue weighted by molar-refractivity contribution is 5.89. The van der Waals surface area contributed by atoms with Crippen molar-refractivity contribution in [2.45, 2.75) is 58.1 Å². The van der Waals surface area contributed by atoms with Crippen LogP contribution in [0.25, 0.3) is 6.08 Å². The second-order valence-corrected chi connectivity index (χ2v) is 11.4. The number of hydrogen-bond donors (Lipinski definition) is 1. The van der Waals surface area contributed by atoms with Crippen molar-refractivity contribution in [1.29, 1.82) is 0 Å². The van der Waals surface area contributed by atoms with Gasteiger partial charge in [-0.25, -0.2) is 0 Å². The Kier molecular flexibility index (Phi) is 4.87. The molecule has 6 heteroatoms. The smallest absolute Gasteiger partial charge is 0.246 e. The molecule has 1 aromatic carbocycles. The fourth-order valence-corrected chi connectivity index (χ4v) is 8.18. The second kappa shape index (κ2) is 7.51. The van der Waals surface area contributed by atoms with Crippen LogP contribution in [0.5, 0.6) is 17.2 Å². The molecule has 182 valence electrons. The molecule has 5 aliphatic rings. The van der Waals surface area contributed by atoms with E-state index in [0.717, 1.165) is 43.2 Å². The zero-order valence-corrected chi connectivity index (χ0v) is 20.5. The lowest BCUT2D eigenvalue weighted by Crippen LogP contribution is -2.59. The predicted molar refractivity (Wildman–Crippen MR) is 129 cm³/mol. The molecule has 2 aliphatic heterocycles. The van der Waals surface area contributed by atoms with Gasteiger partial charge < -0.3 is 24.2 Å². The lowest BCUT2D eigenvalue weighted by Gasteiger charge is -2.59. The van der Waals surface area contributed by atoms with Gasteiger partial charge in [-0.15, -0.1) is 0 Å². The van der Waals surface area contributed by atoms with Crippen LogP contribution in [-0.2, 0) is 4.79 Å². The van der Waals surface area contributed by atoms with E-state index in [1.54, 1.807) is 13.2 Å². The molecule has 2 heterocycles. The number of nitrogens with zero attached hydrogens (tertiary/aromatic N) is 1. The SMILES string of the molecule is COc1cc(C=C2C[C@H]3[C@@H]4CC[C@H]5N(C)C(=O)C=C[C@]5(C)[C@H]4CC[C@]3(C)[C@H]2O)cc2c1OCO2. The quantitative estimate of drug-likeness (QED) is 0.700. The van der Waals surface area contributed by atoms with Crippen molar-refractivity contribution in [3.05, 3.63) is 35.4 Å². The van der Waals surface area contributed by atoms with Gasteiger partial charge in [-0.05, 0) is 79.2 Å². The topological polar surface area (TPSA) is 68.2 Å². The van der Waals surface area contributed by atoms with E-state index in [4.69, 9.17) is 14.2 Å². The van der Waals surface area contributed by atoms with Crippen LogP contribution in [-0.4, -0.2) is 49.0 Å². The van der Waals surface area contributed by atoms with Crippen LogP contribution >= 0.6 is 0 Å². The van der Waals surface area contributed by atoms with E-state index in [1.807, 2.05) is 24.1 Å². The van der Waals surface area contributed by atoms with E-state index in [0.29, 0.717) is 35.0 Å². The van der Waals surface area contributed by atoms with Crippen LogP contribution in [0.15, 0.2) is 29.9 Å². The first-order valence-electron chi connectivity index (χ1n) is 12.6. The molecule has 6 nitrogen and oxygen atoms in total. The van der Waals surface area contributed by atoms with Gasteiger partial charge in [0.25, 0.3) is 0 Å². The summed E-state index contributed by atoms with van der Waals surface area (Å²) in [6.45, 7) is 4.85. The molecular weight excluding hydrogens is 430 g/mol. The van der Waals surface area contributed by atoms with E-state index in [9.17, 15) is 9.90 Å². The third-order valence-electron chi connectivity index (χ3n) is 10.0. The monoisotopic (exact) mass is 465 g/mol.